The number of aliphatic hydroxyl groups is 1. The van der Waals surface area contributed by atoms with Crippen molar-refractivity contribution in [1.29, 1.82) is 0 Å². The van der Waals surface area contributed by atoms with Crippen molar-refractivity contribution in [1.82, 2.24) is 0 Å². The summed E-state index contributed by atoms with van der Waals surface area (Å²) in [6.07, 6.45) is 90.8. The highest BCUT2D eigenvalue weighted by Gasteiger charge is 2.30. The van der Waals surface area contributed by atoms with Gasteiger partial charge < -0.3 is 33.8 Å². The fourth-order valence-electron chi connectivity index (χ4n) is 10.3. The molecule has 0 heterocycles. The minimum Gasteiger partial charge on any atom is -0.462 e. The summed E-state index contributed by atoms with van der Waals surface area (Å²) in [6, 6.07) is 0. The molecule has 0 spiro atoms. The van der Waals surface area contributed by atoms with E-state index in [4.69, 9.17) is 37.0 Å². The Morgan fingerprint density at radius 1 is 0.274 bits per heavy atom. The molecule has 0 aromatic rings. The number of rotatable bonds is 75. The lowest BCUT2D eigenvalue weighted by Gasteiger charge is -2.21. The number of allylic oxidation sites excluding steroid dienone is 26. The number of hydrogen-bond acceptors (Lipinski definition) is 15. The Morgan fingerprint density at radius 2 is 0.509 bits per heavy atom. The Morgan fingerprint density at radius 3 is 0.811 bits per heavy atom. The van der Waals surface area contributed by atoms with Crippen LogP contribution in [-0.2, 0) is 65.4 Å². The summed E-state index contributed by atoms with van der Waals surface area (Å²) >= 11 is 0. The highest BCUT2D eigenvalue weighted by atomic mass is 31.2. The third kappa shape index (κ3) is 76.9. The number of carbonyl (C=O) groups is 4. The van der Waals surface area contributed by atoms with Crippen molar-refractivity contribution < 1.29 is 80.2 Å². The van der Waals surface area contributed by atoms with Crippen molar-refractivity contribution >= 4 is 39.5 Å². The molecule has 5 unspecified atom stereocenters. The van der Waals surface area contributed by atoms with Gasteiger partial charge in [0.15, 0.2) is 12.2 Å². The van der Waals surface area contributed by atoms with E-state index >= 15 is 0 Å². The van der Waals surface area contributed by atoms with Gasteiger partial charge in [-0.1, -0.05) is 276 Å². The van der Waals surface area contributed by atoms with Gasteiger partial charge in [0.05, 0.1) is 26.4 Å². The second-order valence-corrected chi connectivity index (χ2v) is 29.5. The molecule has 0 amide bonds. The first-order valence-corrected chi connectivity index (χ1v) is 43.7. The second kappa shape index (κ2) is 77.8. The van der Waals surface area contributed by atoms with Crippen molar-refractivity contribution in [3.8, 4) is 0 Å². The van der Waals surface area contributed by atoms with Crippen molar-refractivity contribution in [3.05, 3.63) is 158 Å². The lowest BCUT2D eigenvalue weighted by molar-refractivity contribution is -0.161. The molecule has 0 aromatic heterocycles. The van der Waals surface area contributed by atoms with Gasteiger partial charge in [0.1, 0.15) is 19.3 Å². The molecule has 0 aliphatic heterocycles. The van der Waals surface area contributed by atoms with Gasteiger partial charge in [-0.3, -0.25) is 37.3 Å². The summed E-state index contributed by atoms with van der Waals surface area (Å²) in [5.74, 6) is -2.28. The fraction of sp³-hybridized carbons (Fsp3) is 0.655. The molecule has 5 atom stereocenters. The quantitative estimate of drug-likeness (QED) is 0.0169. The lowest BCUT2D eigenvalue weighted by atomic mass is 10.1. The zero-order valence-electron chi connectivity index (χ0n) is 66.1. The molecular weight excluding hydrogens is 1380 g/mol. The van der Waals surface area contributed by atoms with Gasteiger partial charge in [-0.05, 0) is 167 Å². The van der Waals surface area contributed by atoms with E-state index in [0.717, 1.165) is 193 Å². The van der Waals surface area contributed by atoms with Crippen LogP contribution in [0.1, 0.15) is 310 Å². The predicted octanol–water partition coefficient (Wildman–Crippen LogP) is 24.0. The number of phosphoric ester groups is 2. The molecule has 0 saturated heterocycles. The van der Waals surface area contributed by atoms with Crippen molar-refractivity contribution in [2.45, 2.75) is 329 Å². The first kappa shape index (κ1) is 101. The molecule has 3 N–H and O–H groups in total. The van der Waals surface area contributed by atoms with Crippen LogP contribution in [-0.4, -0.2) is 96.7 Å². The van der Waals surface area contributed by atoms with E-state index in [1.165, 1.54) is 38.5 Å². The van der Waals surface area contributed by atoms with E-state index in [2.05, 4.69) is 186 Å². The topological polar surface area (TPSA) is 237 Å². The van der Waals surface area contributed by atoms with E-state index in [1.807, 2.05) is 0 Å². The Hall–Kier alpha value is -5.32. The van der Waals surface area contributed by atoms with Gasteiger partial charge in [-0.2, -0.15) is 0 Å². The number of ether oxygens (including phenoxy) is 4. The first-order chi connectivity index (χ1) is 51.7. The molecule has 0 fully saturated rings. The fourth-order valence-corrected chi connectivity index (χ4v) is 11.9. The third-order valence-electron chi connectivity index (χ3n) is 16.4. The zero-order chi connectivity index (χ0) is 77.4. The molecule has 106 heavy (non-hydrogen) atoms. The largest absolute Gasteiger partial charge is 0.472 e. The smallest absolute Gasteiger partial charge is 0.462 e. The maximum Gasteiger partial charge on any atom is 0.472 e. The van der Waals surface area contributed by atoms with Crippen molar-refractivity contribution in [2.24, 2.45) is 0 Å². The molecule has 17 nitrogen and oxygen atoms in total. The number of hydrogen-bond donors (Lipinski definition) is 3. The highest BCUT2D eigenvalue weighted by molar-refractivity contribution is 7.47. The highest BCUT2D eigenvalue weighted by Crippen LogP contribution is 2.45. The van der Waals surface area contributed by atoms with E-state index in [9.17, 15) is 43.2 Å². The average molecular weight is 1520 g/mol. The van der Waals surface area contributed by atoms with Gasteiger partial charge in [-0.15, -0.1) is 0 Å². The van der Waals surface area contributed by atoms with Crippen LogP contribution in [0.5, 0.6) is 0 Å². The predicted molar refractivity (Wildman–Crippen MR) is 436 cm³/mol. The number of aliphatic hydroxyl groups excluding tert-OH is 1. The first-order valence-electron chi connectivity index (χ1n) is 40.7. The van der Waals surface area contributed by atoms with E-state index in [0.29, 0.717) is 25.7 Å². The van der Waals surface area contributed by atoms with Gasteiger partial charge in [0.2, 0.25) is 0 Å². The number of carbonyl (C=O) groups excluding carboxylic acids is 4. The van der Waals surface area contributed by atoms with Crippen LogP contribution >= 0.6 is 15.6 Å². The molecule has 604 valence electrons. The van der Waals surface area contributed by atoms with Crippen LogP contribution in [0.15, 0.2) is 158 Å². The van der Waals surface area contributed by atoms with Crippen LogP contribution in [0.3, 0.4) is 0 Å². The monoisotopic (exact) mass is 1520 g/mol. The number of esters is 4. The summed E-state index contributed by atoms with van der Waals surface area (Å²) in [6.45, 7) is 4.48. The molecule has 0 saturated carbocycles. The van der Waals surface area contributed by atoms with E-state index in [1.54, 1.807) is 0 Å². The summed E-state index contributed by atoms with van der Waals surface area (Å²) in [4.78, 5) is 73.1. The molecule has 0 bridgehead atoms. The summed E-state index contributed by atoms with van der Waals surface area (Å²) < 4.78 is 68.6. The molecule has 0 radical (unpaired) electrons. The van der Waals surface area contributed by atoms with Gasteiger partial charge >= 0.3 is 39.5 Å². The Labute approximate surface area is 642 Å². The van der Waals surface area contributed by atoms with Gasteiger partial charge in [-0.25, -0.2) is 9.13 Å². The zero-order valence-corrected chi connectivity index (χ0v) is 67.8. The molecule has 0 aliphatic carbocycles. The van der Waals surface area contributed by atoms with Gasteiger partial charge in [0.25, 0.3) is 0 Å². The number of unbranched alkanes of at least 4 members (excludes halogenated alkanes) is 23. The third-order valence-corrected chi connectivity index (χ3v) is 18.3. The van der Waals surface area contributed by atoms with E-state index in [-0.39, 0.29) is 25.7 Å². The van der Waals surface area contributed by atoms with Crippen LogP contribution in [0.4, 0.5) is 0 Å². The minimum atomic E-state index is -5.00. The van der Waals surface area contributed by atoms with Gasteiger partial charge in [0, 0.05) is 25.7 Å². The molecule has 0 rings (SSSR count). The Balaban J connectivity index is 5.43. The molecular formula is C87H144O17P2. The van der Waals surface area contributed by atoms with Crippen LogP contribution < -0.4 is 0 Å². The van der Waals surface area contributed by atoms with Crippen LogP contribution in [0, 0.1) is 0 Å². The summed E-state index contributed by atoms with van der Waals surface area (Å²) in [5, 5.41) is 10.6. The van der Waals surface area contributed by atoms with Crippen LogP contribution in [0.2, 0.25) is 0 Å². The normalized spacial score (nSPS) is 14.7. The molecule has 19 heteroatoms. The average Bonchev–Trinajstić information content (AvgIpc) is 0.901. The van der Waals surface area contributed by atoms with Crippen molar-refractivity contribution in [2.75, 3.05) is 39.6 Å². The van der Waals surface area contributed by atoms with E-state index < -0.39 is 97.5 Å². The maximum absolute atomic E-state index is 13.1. The summed E-state index contributed by atoms with van der Waals surface area (Å²) in [5.41, 5.74) is 0. The number of phosphoric acid groups is 2. The standard InChI is InChI=1S/C87H144O17P2/c1-5-9-13-17-21-25-29-33-36-38-40-42-45-48-51-55-59-63-67-71-84(89)97-77-82(103-86(91)73-69-65-61-57-53-47-32-28-24-20-16-12-8-4)79-101-105(93,94)99-75-81(88)76-100-106(95,96)102-80-83(104-87(92)74-70-66-62-58-54-50-44-35-31-27-23-19-15-11-7-3)78-98-85(90)72-68-64-60-56-52-49-46-43-41-39-37-34-30-26-22-18-14-10-6-2/h9-10,13-14,16,20-22,25-26,28,32-37,40-44,48-49,51-52,81-83,88H,5-8,11-12,15,17-19,23-24,27,29-31,38-39,45-47,50,53-80H2,1-4H3,(H,93,94)(H,95,96)/b13-9-,14-10-,20-16-,25-21-,26-22-,32-28-,36-33-,37-34-,42-40-,43-41-,44-35-,51-48-,52-49-. The lowest BCUT2D eigenvalue weighted by Crippen LogP contribution is -2.30. The van der Waals surface area contributed by atoms with Crippen LogP contribution in [0.25, 0.3) is 0 Å². The Kier molecular flexibility index (Phi) is 73.9. The molecule has 0 aromatic carbocycles. The maximum atomic E-state index is 13.1. The minimum absolute atomic E-state index is 0.0654. The van der Waals surface area contributed by atoms with Crippen molar-refractivity contribution in [3.63, 3.8) is 0 Å². The molecule has 0 aliphatic rings. The second-order valence-electron chi connectivity index (χ2n) is 26.6. The Bertz CT molecular complexity index is 2630. The SMILES string of the molecule is CC/C=C\C/C=C\C/C=C\C/C=C\C/C=C\CCCCCC(=O)OCC(COP(=O)(O)OCC(O)COP(=O)(O)OCC(COC(=O)CCCCC/C=C\C/C=C\C/C=C\C/C=C\C/C=C\CC)OC(=O)CCCCCCC/C=C\CCCCCCCC)OC(=O)CCCCCCC/C=C\C/C=C\CCC. The summed E-state index contributed by atoms with van der Waals surface area (Å²) in [7, 11) is -9.99.